The minimum Gasteiger partial charge on any atom is -0.378 e. The van der Waals surface area contributed by atoms with Gasteiger partial charge in [0, 0.05) is 19.0 Å². The van der Waals surface area contributed by atoms with Crippen molar-refractivity contribution in [1.29, 1.82) is 0 Å². The van der Waals surface area contributed by atoms with Crippen molar-refractivity contribution in [1.82, 2.24) is 15.5 Å². The number of aliphatic hydroxyl groups excluding tert-OH is 1. The Bertz CT molecular complexity index is 1010. The van der Waals surface area contributed by atoms with Crippen LogP contribution in [0.2, 0.25) is 0 Å². The van der Waals surface area contributed by atoms with Crippen molar-refractivity contribution in [2.75, 3.05) is 19.7 Å². The number of amides is 3. The van der Waals surface area contributed by atoms with Gasteiger partial charge in [-0.05, 0) is 43.1 Å². The predicted octanol–water partition coefficient (Wildman–Crippen LogP) is 1.22. The van der Waals surface area contributed by atoms with E-state index in [-0.39, 0.29) is 24.3 Å². The number of Topliss-reactive ketones (excluding diaryl/α,β-unsaturated/α-hetero) is 1. The molecule has 4 rings (SSSR count). The first-order valence-corrected chi connectivity index (χ1v) is 11.8. The lowest BCUT2D eigenvalue weighted by Crippen LogP contribution is -2.53. The van der Waals surface area contributed by atoms with Crippen LogP contribution in [0, 0.1) is 11.3 Å². The molecule has 0 radical (unpaired) electrons. The van der Waals surface area contributed by atoms with Crippen molar-refractivity contribution in [2.24, 2.45) is 11.3 Å². The fourth-order valence-corrected chi connectivity index (χ4v) is 4.94. The summed E-state index contributed by atoms with van der Waals surface area (Å²) in [6.45, 7) is -0.691. The van der Waals surface area contributed by atoms with E-state index in [0.29, 0.717) is 24.9 Å². The highest BCUT2D eigenvalue weighted by atomic mass is 19.4. The third kappa shape index (κ3) is 6.04. The van der Waals surface area contributed by atoms with E-state index in [0.717, 1.165) is 12.8 Å². The van der Waals surface area contributed by atoms with E-state index in [1.165, 1.54) is 4.90 Å². The number of ether oxygens (including phenoxy) is 1. The van der Waals surface area contributed by atoms with Crippen molar-refractivity contribution >= 4 is 23.5 Å². The zero-order valence-corrected chi connectivity index (χ0v) is 19.4. The van der Waals surface area contributed by atoms with Gasteiger partial charge >= 0.3 is 6.36 Å². The van der Waals surface area contributed by atoms with Crippen molar-refractivity contribution in [3.63, 3.8) is 0 Å². The van der Waals surface area contributed by atoms with Gasteiger partial charge in [0.05, 0.1) is 6.04 Å². The summed E-state index contributed by atoms with van der Waals surface area (Å²) < 4.78 is 41.2. The Labute approximate surface area is 205 Å². The van der Waals surface area contributed by atoms with Gasteiger partial charge in [0.25, 0.3) is 5.91 Å². The molecule has 12 heteroatoms. The number of nitrogens with zero attached hydrogens (tertiary/aromatic N) is 1. The molecule has 36 heavy (non-hydrogen) atoms. The van der Waals surface area contributed by atoms with E-state index in [9.17, 15) is 37.5 Å². The van der Waals surface area contributed by atoms with Crippen molar-refractivity contribution in [2.45, 2.75) is 56.7 Å². The lowest BCUT2D eigenvalue weighted by Gasteiger charge is -2.28. The first-order chi connectivity index (χ1) is 17.0. The van der Waals surface area contributed by atoms with Gasteiger partial charge in [-0.15, -0.1) is 13.2 Å². The second-order valence-electron chi connectivity index (χ2n) is 9.77. The van der Waals surface area contributed by atoms with Crippen LogP contribution in [0.15, 0.2) is 30.3 Å². The summed E-state index contributed by atoms with van der Waals surface area (Å²) in [5, 5.41) is 15.7. The normalized spacial score (nSPS) is 24.3. The summed E-state index contributed by atoms with van der Waals surface area (Å²) in [4.78, 5) is 52.4. The van der Waals surface area contributed by atoms with Crippen molar-refractivity contribution in [3.05, 3.63) is 35.9 Å². The standard InChI is InChI=1S/C24H28F3N3O6/c25-24(26,27)36-12-18(31)16(10-15-6-9-28-20(15)33)29-21(34)17-11-23(7-8-23)13-30(17)22(35)19(32)14-4-2-1-3-5-14/h1-5,15-17,19,32H,6-13H2,(H,28,33)(H,29,34)/t15-,16-,17-,19+/m0/s1. The molecule has 1 aromatic rings. The Morgan fingerprint density at radius 2 is 1.92 bits per heavy atom. The number of benzene rings is 1. The number of halogens is 3. The summed E-state index contributed by atoms with van der Waals surface area (Å²) >= 11 is 0. The van der Waals surface area contributed by atoms with Gasteiger partial charge in [0.1, 0.15) is 12.6 Å². The highest BCUT2D eigenvalue weighted by Crippen LogP contribution is 2.55. The van der Waals surface area contributed by atoms with E-state index in [2.05, 4.69) is 15.4 Å². The van der Waals surface area contributed by atoms with Crippen LogP contribution in [0.25, 0.3) is 0 Å². The van der Waals surface area contributed by atoms with Gasteiger partial charge in [0.15, 0.2) is 11.9 Å². The fraction of sp³-hybridized carbons (Fsp3) is 0.583. The lowest BCUT2D eigenvalue weighted by molar-refractivity contribution is -0.321. The van der Waals surface area contributed by atoms with Crippen LogP contribution in [0.5, 0.6) is 0 Å². The zero-order chi connectivity index (χ0) is 26.1. The zero-order valence-electron chi connectivity index (χ0n) is 19.4. The van der Waals surface area contributed by atoms with Crippen molar-refractivity contribution in [3.8, 4) is 0 Å². The molecule has 3 N–H and O–H groups in total. The Morgan fingerprint density at radius 1 is 1.22 bits per heavy atom. The number of ketones is 1. The quantitative estimate of drug-likeness (QED) is 0.458. The molecule has 0 unspecified atom stereocenters. The number of carbonyl (C=O) groups excluding carboxylic acids is 4. The number of rotatable bonds is 9. The average Bonchev–Trinajstić information content (AvgIpc) is 3.30. The van der Waals surface area contributed by atoms with Crippen LogP contribution in [0.3, 0.4) is 0 Å². The Morgan fingerprint density at radius 3 is 2.50 bits per heavy atom. The van der Waals surface area contributed by atoms with Gasteiger partial charge in [-0.2, -0.15) is 0 Å². The molecule has 3 amide bonds. The second-order valence-corrected chi connectivity index (χ2v) is 9.77. The molecule has 1 spiro atoms. The lowest BCUT2D eigenvalue weighted by atomic mass is 9.95. The van der Waals surface area contributed by atoms with E-state index in [4.69, 9.17) is 0 Å². The van der Waals surface area contributed by atoms with Gasteiger partial charge < -0.3 is 20.6 Å². The van der Waals surface area contributed by atoms with Crippen LogP contribution < -0.4 is 10.6 Å². The highest BCUT2D eigenvalue weighted by Gasteiger charge is 2.56. The van der Waals surface area contributed by atoms with Crippen LogP contribution in [-0.2, 0) is 23.9 Å². The number of hydrogen-bond donors (Lipinski definition) is 3. The van der Waals surface area contributed by atoms with Gasteiger partial charge in [-0.25, -0.2) is 0 Å². The second kappa shape index (κ2) is 10.2. The molecule has 3 aliphatic rings. The number of hydrogen-bond acceptors (Lipinski definition) is 6. The molecule has 0 bridgehead atoms. The Hall–Kier alpha value is -2.99. The Kier molecular flexibility index (Phi) is 7.37. The summed E-state index contributed by atoms with van der Waals surface area (Å²) in [6.07, 6.45) is -4.42. The summed E-state index contributed by atoms with van der Waals surface area (Å²) in [5.74, 6) is -3.40. The molecular weight excluding hydrogens is 483 g/mol. The molecule has 1 aliphatic carbocycles. The molecule has 2 aliphatic heterocycles. The van der Waals surface area contributed by atoms with E-state index < -0.39 is 54.7 Å². The molecule has 0 aromatic heterocycles. The molecule has 3 fully saturated rings. The topological polar surface area (TPSA) is 125 Å². The predicted molar refractivity (Wildman–Crippen MR) is 118 cm³/mol. The number of nitrogens with one attached hydrogen (secondary N) is 2. The minimum atomic E-state index is -5.03. The summed E-state index contributed by atoms with van der Waals surface area (Å²) in [6, 6.07) is 5.83. The van der Waals surface area contributed by atoms with Gasteiger partial charge in [-0.3, -0.25) is 23.9 Å². The molecule has 4 atom stereocenters. The summed E-state index contributed by atoms with van der Waals surface area (Å²) in [7, 11) is 0. The number of likely N-dealkylation sites (tertiary alicyclic amines) is 1. The van der Waals surface area contributed by atoms with Crippen LogP contribution in [0.4, 0.5) is 13.2 Å². The highest BCUT2D eigenvalue weighted by molar-refractivity contribution is 5.95. The van der Waals surface area contributed by atoms with Crippen LogP contribution in [-0.4, -0.2) is 71.7 Å². The Balaban J connectivity index is 1.49. The van der Waals surface area contributed by atoms with E-state index in [1.54, 1.807) is 30.3 Å². The largest absolute Gasteiger partial charge is 0.522 e. The van der Waals surface area contributed by atoms with Crippen LogP contribution in [0.1, 0.15) is 43.8 Å². The fourth-order valence-electron chi connectivity index (χ4n) is 4.94. The molecule has 1 saturated carbocycles. The van der Waals surface area contributed by atoms with Crippen LogP contribution >= 0.6 is 0 Å². The SMILES string of the molecule is O=C1NCC[C@H]1C[C@H](NC(=O)[C@@H]1CC2(CC2)CN1C(=O)[C@H](O)c1ccccc1)C(=O)COC(F)(F)F. The maximum Gasteiger partial charge on any atom is 0.522 e. The first-order valence-electron chi connectivity index (χ1n) is 11.8. The van der Waals surface area contributed by atoms with E-state index >= 15 is 0 Å². The molecule has 9 nitrogen and oxygen atoms in total. The third-order valence-electron chi connectivity index (χ3n) is 7.17. The molecule has 2 heterocycles. The smallest absolute Gasteiger partial charge is 0.378 e. The monoisotopic (exact) mass is 511 g/mol. The maximum absolute atomic E-state index is 13.3. The number of alkyl halides is 3. The molecule has 196 valence electrons. The van der Waals surface area contributed by atoms with Gasteiger partial charge in [0.2, 0.25) is 11.8 Å². The van der Waals surface area contributed by atoms with E-state index in [1.807, 2.05) is 0 Å². The first kappa shape index (κ1) is 26.1. The molecule has 1 aromatic carbocycles. The maximum atomic E-state index is 13.3. The third-order valence-corrected chi connectivity index (χ3v) is 7.17. The minimum absolute atomic E-state index is 0.184. The number of aliphatic hydroxyl groups is 1. The number of carbonyl (C=O) groups is 4. The van der Waals surface area contributed by atoms with Gasteiger partial charge in [-0.1, -0.05) is 30.3 Å². The molecular formula is C24H28F3N3O6. The van der Waals surface area contributed by atoms with Crippen molar-refractivity contribution < 1.29 is 42.2 Å². The summed E-state index contributed by atoms with van der Waals surface area (Å²) in [5.41, 5.74) is 0.112. The average molecular weight is 511 g/mol. The molecule has 2 saturated heterocycles.